The summed E-state index contributed by atoms with van der Waals surface area (Å²) in [6.07, 6.45) is 4.54. The van der Waals surface area contributed by atoms with E-state index in [1.807, 2.05) is 6.07 Å². The Morgan fingerprint density at radius 2 is 2.17 bits per heavy atom. The number of nitrogens with zero attached hydrogens (tertiary/aromatic N) is 2. The van der Waals surface area contributed by atoms with Gasteiger partial charge >= 0.3 is 0 Å². The van der Waals surface area contributed by atoms with E-state index in [9.17, 15) is 4.79 Å². The van der Waals surface area contributed by atoms with Crippen molar-refractivity contribution in [3.63, 3.8) is 0 Å². The van der Waals surface area contributed by atoms with Crippen LogP contribution in [0.2, 0.25) is 0 Å². The molecule has 2 aromatic heterocycles. The van der Waals surface area contributed by atoms with Gasteiger partial charge in [0.1, 0.15) is 6.10 Å². The van der Waals surface area contributed by atoms with E-state index in [1.165, 1.54) is 0 Å². The number of aromatic nitrogens is 2. The normalized spacial score (nSPS) is 25.7. The van der Waals surface area contributed by atoms with Crippen LogP contribution >= 0.6 is 0 Å². The van der Waals surface area contributed by atoms with Crippen molar-refractivity contribution in [1.82, 2.24) is 9.97 Å². The van der Waals surface area contributed by atoms with Gasteiger partial charge in [0.25, 0.3) is 5.91 Å². The molecule has 2 N–H and O–H groups in total. The average molecular weight is 241 g/mol. The number of hydrogen-bond acceptors (Lipinski definition) is 4. The lowest BCUT2D eigenvalue weighted by Crippen LogP contribution is -2.31. The van der Waals surface area contributed by atoms with Crippen molar-refractivity contribution in [1.29, 1.82) is 0 Å². The molecule has 2 aromatic rings. The van der Waals surface area contributed by atoms with E-state index in [1.54, 1.807) is 42.9 Å². The molecule has 5 nitrogen and oxygen atoms in total. The standard InChI is InChI=1S/C13H11N3O2/c14-12(17)13(10-5-1-2-7-16-10)11(18-13)9-4-3-6-15-8-9/h1-8,11H,(H2,14,17)/t11-,13-/m0/s1. The minimum atomic E-state index is -1.15. The predicted octanol–water partition coefficient (Wildman–Crippen LogP) is 0.929. The molecule has 0 spiro atoms. The van der Waals surface area contributed by atoms with E-state index in [0.29, 0.717) is 5.69 Å². The zero-order valence-corrected chi connectivity index (χ0v) is 9.48. The fraction of sp³-hybridized carbons (Fsp3) is 0.154. The average Bonchev–Trinajstić information content (AvgIpc) is 3.18. The monoisotopic (exact) mass is 241 g/mol. The smallest absolute Gasteiger partial charge is 0.259 e. The quantitative estimate of drug-likeness (QED) is 0.810. The first-order valence-electron chi connectivity index (χ1n) is 5.54. The van der Waals surface area contributed by atoms with E-state index < -0.39 is 17.6 Å². The summed E-state index contributed by atoms with van der Waals surface area (Å²) < 4.78 is 5.56. The van der Waals surface area contributed by atoms with Gasteiger partial charge in [-0.05, 0) is 18.2 Å². The van der Waals surface area contributed by atoms with Gasteiger partial charge in [0.15, 0.2) is 0 Å². The second-order valence-corrected chi connectivity index (χ2v) is 4.10. The molecule has 3 heterocycles. The van der Waals surface area contributed by atoms with Gasteiger partial charge in [-0.3, -0.25) is 14.8 Å². The molecule has 0 aliphatic carbocycles. The Balaban J connectivity index is 2.01. The lowest BCUT2D eigenvalue weighted by atomic mass is 9.96. The fourth-order valence-corrected chi connectivity index (χ4v) is 2.08. The molecular weight excluding hydrogens is 230 g/mol. The summed E-state index contributed by atoms with van der Waals surface area (Å²) in [5, 5.41) is 0. The van der Waals surface area contributed by atoms with E-state index in [-0.39, 0.29) is 0 Å². The van der Waals surface area contributed by atoms with Gasteiger partial charge < -0.3 is 10.5 Å². The first-order valence-corrected chi connectivity index (χ1v) is 5.54. The summed E-state index contributed by atoms with van der Waals surface area (Å²) in [4.78, 5) is 19.9. The zero-order valence-electron chi connectivity index (χ0n) is 9.48. The van der Waals surface area contributed by atoms with E-state index in [2.05, 4.69) is 9.97 Å². The number of carbonyl (C=O) groups is 1. The molecule has 90 valence electrons. The van der Waals surface area contributed by atoms with E-state index in [0.717, 1.165) is 5.56 Å². The van der Waals surface area contributed by atoms with E-state index in [4.69, 9.17) is 10.5 Å². The number of hydrogen-bond donors (Lipinski definition) is 1. The maximum atomic E-state index is 11.7. The van der Waals surface area contributed by atoms with Gasteiger partial charge in [-0.2, -0.15) is 0 Å². The number of epoxide rings is 1. The maximum absolute atomic E-state index is 11.7. The summed E-state index contributed by atoms with van der Waals surface area (Å²) in [6, 6.07) is 8.96. The lowest BCUT2D eigenvalue weighted by molar-refractivity contribution is -0.123. The molecule has 1 aliphatic rings. The van der Waals surface area contributed by atoms with Gasteiger partial charge in [-0.25, -0.2) is 0 Å². The Morgan fingerprint density at radius 3 is 2.78 bits per heavy atom. The molecule has 0 saturated carbocycles. The highest BCUT2D eigenvalue weighted by atomic mass is 16.6. The first kappa shape index (κ1) is 10.9. The molecule has 5 heteroatoms. The van der Waals surface area contributed by atoms with Crippen molar-refractivity contribution in [2.75, 3.05) is 0 Å². The number of nitrogens with two attached hydrogens (primary N) is 1. The maximum Gasteiger partial charge on any atom is 0.259 e. The third-order valence-electron chi connectivity index (χ3n) is 3.01. The predicted molar refractivity (Wildman–Crippen MR) is 63.2 cm³/mol. The number of pyridine rings is 2. The third-order valence-corrected chi connectivity index (χ3v) is 3.01. The largest absolute Gasteiger partial charge is 0.367 e. The van der Waals surface area contributed by atoms with Gasteiger partial charge in [0, 0.05) is 24.2 Å². The summed E-state index contributed by atoms with van der Waals surface area (Å²) in [6.45, 7) is 0. The highest BCUT2D eigenvalue weighted by molar-refractivity contribution is 5.88. The van der Waals surface area contributed by atoms with Gasteiger partial charge in [-0.15, -0.1) is 0 Å². The Labute approximate surface area is 104 Å². The molecule has 1 amide bonds. The van der Waals surface area contributed by atoms with Gasteiger partial charge in [0.2, 0.25) is 5.60 Å². The van der Waals surface area contributed by atoms with Crippen LogP contribution in [0.1, 0.15) is 17.4 Å². The van der Waals surface area contributed by atoms with Crippen LogP contribution in [-0.4, -0.2) is 15.9 Å². The molecule has 18 heavy (non-hydrogen) atoms. The van der Waals surface area contributed by atoms with Crippen molar-refractivity contribution >= 4 is 5.91 Å². The summed E-state index contributed by atoms with van der Waals surface area (Å²) in [7, 11) is 0. The Hall–Kier alpha value is -2.27. The minimum Gasteiger partial charge on any atom is -0.367 e. The number of primary amides is 1. The molecule has 0 radical (unpaired) electrons. The molecule has 3 rings (SSSR count). The number of ether oxygens (including phenoxy) is 1. The molecule has 1 fully saturated rings. The Morgan fingerprint density at radius 1 is 1.28 bits per heavy atom. The van der Waals surface area contributed by atoms with Crippen LogP contribution < -0.4 is 5.73 Å². The summed E-state index contributed by atoms with van der Waals surface area (Å²) in [5.74, 6) is -0.532. The van der Waals surface area contributed by atoms with Crippen molar-refractivity contribution in [3.8, 4) is 0 Å². The van der Waals surface area contributed by atoms with Crippen LogP contribution in [0.4, 0.5) is 0 Å². The third kappa shape index (κ3) is 1.48. The number of carbonyl (C=O) groups excluding carboxylic acids is 1. The van der Waals surface area contributed by atoms with Crippen molar-refractivity contribution in [2.24, 2.45) is 5.73 Å². The van der Waals surface area contributed by atoms with Crippen LogP contribution in [0, 0.1) is 0 Å². The minimum absolute atomic E-state index is 0.404. The number of amides is 1. The zero-order chi connectivity index (χ0) is 12.6. The lowest BCUT2D eigenvalue weighted by Gasteiger charge is -2.07. The fourth-order valence-electron chi connectivity index (χ4n) is 2.08. The topological polar surface area (TPSA) is 81.4 Å². The van der Waals surface area contributed by atoms with Crippen LogP contribution in [0.15, 0.2) is 48.9 Å². The molecular formula is C13H11N3O2. The highest BCUT2D eigenvalue weighted by Crippen LogP contribution is 2.55. The summed E-state index contributed by atoms with van der Waals surface area (Å²) in [5.41, 5.74) is 5.67. The van der Waals surface area contributed by atoms with Crippen LogP contribution in [-0.2, 0) is 15.1 Å². The van der Waals surface area contributed by atoms with Crippen molar-refractivity contribution in [2.45, 2.75) is 11.7 Å². The summed E-state index contributed by atoms with van der Waals surface area (Å²) >= 11 is 0. The SMILES string of the molecule is NC(=O)[C@@]1(c2ccccn2)O[C@H]1c1cccnc1. The Kier molecular flexibility index (Phi) is 2.34. The van der Waals surface area contributed by atoms with Crippen LogP contribution in [0.5, 0.6) is 0 Å². The molecule has 2 atom stereocenters. The van der Waals surface area contributed by atoms with Gasteiger partial charge in [-0.1, -0.05) is 12.1 Å². The van der Waals surface area contributed by atoms with Crippen LogP contribution in [0.3, 0.4) is 0 Å². The second kappa shape index (κ2) is 3.89. The van der Waals surface area contributed by atoms with E-state index >= 15 is 0 Å². The second-order valence-electron chi connectivity index (χ2n) is 4.10. The molecule has 1 aliphatic heterocycles. The van der Waals surface area contributed by atoms with Crippen LogP contribution in [0.25, 0.3) is 0 Å². The molecule has 0 aromatic carbocycles. The van der Waals surface area contributed by atoms with Gasteiger partial charge in [0.05, 0.1) is 5.69 Å². The molecule has 1 saturated heterocycles. The Bertz CT molecular complexity index is 573. The number of rotatable bonds is 3. The molecule has 0 unspecified atom stereocenters. The van der Waals surface area contributed by atoms with Crippen molar-refractivity contribution < 1.29 is 9.53 Å². The van der Waals surface area contributed by atoms with Crippen molar-refractivity contribution in [3.05, 3.63) is 60.2 Å². The first-order chi connectivity index (χ1) is 8.75. The molecule has 0 bridgehead atoms. The highest BCUT2D eigenvalue weighted by Gasteiger charge is 2.64.